The van der Waals surface area contributed by atoms with Crippen molar-refractivity contribution in [3.8, 4) is 0 Å². The van der Waals surface area contributed by atoms with Crippen LogP contribution in [0.25, 0.3) is 0 Å². The molecule has 0 bridgehead atoms. The molecule has 4 N–H and O–H groups in total. The zero-order chi connectivity index (χ0) is 32.0. The summed E-state index contributed by atoms with van der Waals surface area (Å²) < 4.78 is 0. The predicted molar refractivity (Wildman–Crippen MR) is 194 cm³/mol. The number of nitrogens with two attached hydrogens (primary N) is 2. The summed E-state index contributed by atoms with van der Waals surface area (Å²) in [7, 11) is 0. The Morgan fingerprint density at radius 2 is 0.432 bits per heavy atom. The number of amides is 2. The molecule has 0 aliphatic carbocycles. The molecule has 0 radical (unpaired) electrons. The van der Waals surface area contributed by atoms with Gasteiger partial charge < -0.3 is 11.5 Å². The molecule has 258 valence electrons. The van der Waals surface area contributed by atoms with Crippen molar-refractivity contribution in [3.63, 3.8) is 0 Å². The summed E-state index contributed by atoms with van der Waals surface area (Å²) >= 11 is 0. The lowest BCUT2D eigenvalue weighted by atomic mass is 10.0. The fraction of sp³-hybridized carbons (Fsp3) is 0.850. The van der Waals surface area contributed by atoms with Crippen molar-refractivity contribution in [2.45, 2.75) is 218 Å². The summed E-state index contributed by atoms with van der Waals surface area (Å²) in [5.74, 6) is -0.327. The third kappa shape index (κ3) is 40.4. The van der Waals surface area contributed by atoms with Crippen LogP contribution in [0, 0.1) is 0 Å². The first kappa shape index (κ1) is 42.4. The van der Waals surface area contributed by atoms with Gasteiger partial charge in [0.2, 0.25) is 11.8 Å². The van der Waals surface area contributed by atoms with E-state index in [9.17, 15) is 9.59 Å². The summed E-state index contributed by atoms with van der Waals surface area (Å²) in [5, 5.41) is 0. The van der Waals surface area contributed by atoms with Crippen LogP contribution >= 0.6 is 0 Å². The quantitative estimate of drug-likeness (QED) is 0.0537. The topological polar surface area (TPSA) is 86.2 Å². The fourth-order valence-electron chi connectivity index (χ4n) is 6.01. The highest BCUT2D eigenvalue weighted by Gasteiger charge is 1.97. The zero-order valence-corrected chi connectivity index (χ0v) is 29.3. The van der Waals surface area contributed by atoms with Gasteiger partial charge in [-0.15, -0.1) is 0 Å². The first-order chi connectivity index (χ1) is 21.6. The number of unbranched alkanes of at least 4 members (excludes halogenated alkanes) is 29. The molecule has 0 rings (SSSR count). The van der Waals surface area contributed by atoms with Crippen molar-refractivity contribution in [3.05, 3.63) is 24.3 Å². The van der Waals surface area contributed by atoms with Crippen LogP contribution in [0.2, 0.25) is 0 Å². The molecular weight excluding hydrogens is 540 g/mol. The number of hydrogen-bond acceptors (Lipinski definition) is 2. The molecule has 44 heavy (non-hydrogen) atoms. The Morgan fingerprint density at radius 1 is 0.273 bits per heavy atom. The van der Waals surface area contributed by atoms with E-state index in [0.717, 1.165) is 25.7 Å². The molecule has 0 aromatic carbocycles. The summed E-state index contributed by atoms with van der Waals surface area (Å²) in [4.78, 5) is 21.4. The molecule has 0 aromatic heterocycles. The van der Waals surface area contributed by atoms with Gasteiger partial charge in [0.05, 0.1) is 0 Å². The van der Waals surface area contributed by atoms with Crippen LogP contribution in [0.15, 0.2) is 24.3 Å². The Balaban J connectivity index is 3.12. The molecule has 0 fully saturated rings. The van der Waals surface area contributed by atoms with E-state index in [1.165, 1.54) is 180 Å². The molecule has 0 saturated carbocycles. The molecule has 0 aromatic rings. The van der Waals surface area contributed by atoms with E-state index in [1.807, 2.05) is 0 Å². The third-order valence-corrected chi connectivity index (χ3v) is 8.91. The van der Waals surface area contributed by atoms with E-state index in [1.54, 1.807) is 0 Å². The molecule has 4 heteroatoms. The van der Waals surface area contributed by atoms with Crippen molar-refractivity contribution in [1.82, 2.24) is 0 Å². The summed E-state index contributed by atoms with van der Waals surface area (Å²) in [6, 6.07) is 0. The van der Waals surface area contributed by atoms with Crippen LogP contribution in [0.5, 0.6) is 0 Å². The highest BCUT2D eigenvalue weighted by Crippen LogP contribution is 2.15. The van der Waals surface area contributed by atoms with Gasteiger partial charge in [0.15, 0.2) is 0 Å². The predicted octanol–water partition coefficient (Wildman–Crippen LogP) is 12.3. The van der Waals surface area contributed by atoms with Gasteiger partial charge in [-0.25, -0.2) is 0 Å². The summed E-state index contributed by atoms with van der Waals surface area (Å²) in [6.07, 6.45) is 52.9. The minimum Gasteiger partial charge on any atom is -0.370 e. The second kappa shape index (κ2) is 37.6. The van der Waals surface area contributed by atoms with Gasteiger partial charge in [-0.1, -0.05) is 166 Å². The van der Waals surface area contributed by atoms with Crippen LogP contribution < -0.4 is 11.5 Å². The lowest BCUT2D eigenvalue weighted by Gasteiger charge is -2.04. The van der Waals surface area contributed by atoms with Gasteiger partial charge >= 0.3 is 0 Å². The summed E-state index contributed by atoms with van der Waals surface area (Å²) in [6.45, 7) is 0. The van der Waals surface area contributed by atoms with E-state index < -0.39 is 0 Å². The largest absolute Gasteiger partial charge is 0.370 e. The molecule has 0 heterocycles. The second-order valence-electron chi connectivity index (χ2n) is 13.4. The van der Waals surface area contributed by atoms with Crippen LogP contribution in [-0.4, -0.2) is 11.8 Å². The van der Waals surface area contributed by atoms with Crippen LogP contribution in [-0.2, 0) is 9.59 Å². The Kier molecular flexibility index (Phi) is 36.3. The molecular formula is C40H76N2O2. The minimum absolute atomic E-state index is 0.163. The van der Waals surface area contributed by atoms with Crippen molar-refractivity contribution in [2.24, 2.45) is 11.5 Å². The molecule has 0 saturated heterocycles. The van der Waals surface area contributed by atoms with Gasteiger partial charge in [0, 0.05) is 12.8 Å². The first-order valence-corrected chi connectivity index (χ1v) is 19.5. The number of hydrogen-bond donors (Lipinski definition) is 2. The van der Waals surface area contributed by atoms with Crippen molar-refractivity contribution < 1.29 is 9.59 Å². The Hall–Kier alpha value is -1.58. The third-order valence-electron chi connectivity index (χ3n) is 8.91. The van der Waals surface area contributed by atoms with E-state index in [4.69, 9.17) is 11.5 Å². The molecule has 2 amide bonds. The highest BCUT2D eigenvalue weighted by atomic mass is 16.1. The zero-order valence-electron chi connectivity index (χ0n) is 29.3. The maximum absolute atomic E-state index is 10.7. The van der Waals surface area contributed by atoms with Gasteiger partial charge in [0.1, 0.15) is 0 Å². The van der Waals surface area contributed by atoms with E-state index in [-0.39, 0.29) is 11.8 Å². The van der Waals surface area contributed by atoms with Crippen molar-refractivity contribution in [1.29, 1.82) is 0 Å². The second-order valence-corrected chi connectivity index (χ2v) is 13.4. The van der Waals surface area contributed by atoms with Crippen molar-refractivity contribution in [2.75, 3.05) is 0 Å². The van der Waals surface area contributed by atoms with E-state index >= 15 is 0 Å². The minimum atomic E-state index is -0.163. The Labute approximate surface area is 275 Å². The fourth-order valence-corrected chi connectivity index (χ4v) is 6.01. The first-order valence-electron chi connectivity index (χ1n) is 19.5. The lowest BCUT2D eigenvalue weighted by Crippen LogP contribution is -2.09. The molecule has 0 aliphatic heterocycles. The SMILES string of the molecule is NC(=O)CCCCCCCC=CCCCCCCCCCCCCCCCCCCCCC=CCCCCCCCC(N)=O. The van der Waals surface area contributed by atoms with Gasteiger partial charge in [-0.05, 0) is 64.2 Å². The number of carbonyl (C=O) groups excluding carboxylic acids is 2. The summed E-state index contributed by atoms with van der Waals surface area (Å²) in [5.41, 5.74) is 10.3. The van der Waals surface area contributed by atoms with Crippen LogP contribution in [0.1, 0.15) is 218 Å². The van der Waals surface area contributed by atoms with Crippen LogP contribution in [0.4, 0.5) is 0 Å². The monoisotopic (exact) mass is 617 g/mol. The molecule has 4 nitrogen and oxygen atoms in total. The number of primary amides is 2. The van der Waals surface area contributed by atoms with Gasteiger partial charge in [-0.2, -0.15) is 0 Å². The smallest absolute Gasteiger partial charge is 0.217 e. The van der Waals surface area contributed by atoms with Gasteiger partial charge in [-0.3, -0.25) is 9.59 Å². The van der Waals surface area contributed by atoms with E-state index in [0.29, 0.717) is 12.8 Å². The Morgan fingerprint density at radius 3 is 0.614 bits per heavy atom. The average Bonchev–Trinajstić information content (AvgIpc) is 3.00. The molecule has 0 unspecified atom stereocenters. The van der Waals surface area contributed by atoms with Crippen molar-refractivity contribution >= 4 is 11.8 Å². The number of rotatable bonds is 37. The van der Waals surface area contributed by atoms with Crippen LogP contribution in [0.3, 0.4) is 0 Å². The molecule has 0 aliphatic rings. The average molecular weight is 617 g/mol. The molecule has 0 spiro atoms. The lowest BCUT2D eigenvalue weighted by molar-refractivity contribution is -0.119. The maximum Gasteiger partial charge on any atom is 0.217 e. The van der Waals surface area contributed by atoms with Gasteiger partial charge in [0.25, 0.3) is 0 Å². The van der Waals surface area contributed by atoms with E-state index in [2.05, 4.69) is 24.3 Å². The number of carbonyl (C=O) groups is 2. The Bertz CT molecular complexity index is 602. The number of allylic oxidation sites excluding steroid dienone is 4. The normalized spacial score (nSPS) is 11.7. The molecule has 0 atom stereocenters. The highest BCUT2D eigenvalue weighted by molar-refractivity contribution is 5.73. The maximum atomic E-state index is 10.7. The standard InChI is InChI=1S/C40H76N2O2/c41-39(43)37-35-33-31-29-27-25-23-21-19-17-15-13-11-9-7-5-3-1-2-4-6-8-10-12-14-16-18-20-22-24-26-28-30-32-34-36-38-40(42)44/h21-24H,1-20,25-38H2,(H2,41,43)(H2,42,44).